The van der Waals surface area contributed by atoms with Crippen LogP contribution >= 0.6 is 0 Å². The fourth-order valence-electron chi connectivity index (χ4n) is 3.71. The van der Waals surface area contributed by atoms with Gasteiger partial charge in [-0.05, 0) is 37.5 Å². The normalized spacial score (nSPS) is 15.8. The summed E-state index contributed by atoms with van der Waals surface area (Å²) >= 11 is 0. The lowest BCUT2D eigenvalue weighted by atomic mass is 10.2. The number of hydrogen-bond acceptors (Lipinski definition) is 6. The molecule has 162 valence electrons. The molecule has 3 heterocycles. The molecule has 0 saturated carbocycles. The number of nitrogen functional groups attached to an aromatic ring is 1. The molecule has 0 radical (unpaired) electrons. The third kappa shape index (κ3) is 4.31. The number of aromatic nitrogens is 2. The molecule has 1 saturated heterocycles. The Morgan fingerprint density at radius 1 is 1.23 bits per heavy atom. The number of benzene rings is 1. The number of aromatic amines is 1. The zero-order valence-corrected chi connectivity index (χ0v) is 17.2. The van der Waals surface area contributed by atoms with Crippen molar-refractivity contribution < 1.29 is 13.9 Å². The number of anilines is 2. The Morgan fingerprint density at radius 3 is 2.65 bits per heavy atom. The highest BCUT2D eigenvalue weighted by atomic mass is 16.5. The Hall–Kier alpha value is -3.59. The van der Waals surface area contributed by atoms with E-state index in [0.29, 0.717) is 12.4 Å². The predicted molar refractivity (Wildman–Crippen MR) is 115 cm³/mol. The van der Waals surface area contributed by atoms with Crippen molar-refractivity contribution in [2.75, 3.05) is 23.8 Å². The molecule has 3 aromatic rings. The van der Waals surface area contributed by atoms with Crippen LogP contribution in [0.4, 0.5) is 11.5 Å². The summed E-state index contributed by atoms with van der Waals surface area (Å²) in [5.41, 5.74) is 5.66. The van der Waals surface area contributed by atoms with Gasteiger partial charge in [0.05, 0.1) is 19.2 Å². The number of nitrogens with zero attached hydrogens (tertiary/aromatic N) is 2. The lowest BCUT2D eigenvalue weighted by molar-refractivity contribution is 0.0893. The molecule has 0 spiro atoms. The van der Waals surface area contributed by atoms with E-state index in [1.807, 2.05) is 30.3 Å². The summed E-state index contributed by atoms with van der Waals surface area (Å²) < 4.78 is 12.4. The fraction of sp³-hybridized carbons (Fsp3) is 0.318. The number of H-pyrrole nitrogens is 1. The number of aryl methyl sites for hydroxylation is 1. The van der Waals surface area contributed by atoms with E-state index in [4.69, 9.17) is 14.9 Å². The Morgan fingerprint density at radius 2 is 2.00 bits per heavy atom. The molecule has 1 amide bonds. The summed E-state index contributed by atoms with van der Waals surface area (Å²) in [5.74, 6) is 0.0318. The maximum Gasteiger partial charge on any atom is 0.330 e. The minimum absolute atomic E-state index is 0.0788. The molecular weight excluding hydrogens is 400 g/mol. The number of hydrogen-bond donors (Lipinski definition) is 2. The third-order valence-electron chi connectivity index (χ3n) is 5.27. The first kappa shape index (κ1) is 20.7. The molecule has 3 N–H and O–H groups in total. The highest BCUT2D eigenvalue weighted by molar-refractivity contribution is 6.05. The zero-order valence-electron chi connectivity index (χ0n) is 17.2. The quantitative estimate of drug-likeness (QED) is 0.623. The van der Waals surface area contributed by atoms with Crippen molar-refractivity contribution >= 4 is 17.4 Å². The molecule has 4 rings (SSSR count). The van der Waals surface area contributed by atoms with Gasteiger partial charge < -0.3 is 14.9 Å². The summed E-state index contributed by atoms with van der Waals surface area (Å²) in [5, 5.41) is 0. The van der Waals surface area contributed by atoms with Crippen molar-refractivity contribution in [1.29, 1.82) is 0 Å². The second kappa shape index (κ2) is 8.65. The van der Waals surface area contributed by atoms with Crippen LogP contribution in [0.2, 0.25) is 0 Å². The molecule has 0 aliphatic carbocycles. The number of nitrogens with one attached hydrogen (secondary N) is 1. The van der Waals surface area contributed by atoms with Crippen molar-refractivity contribution in [2.24, 2.45) is 0 Å². The van der Waals surface area contributed by atoms with Gasteiger partial charge in [-0.15, -0.1) is 0 Å². The van der Waals surface area contributed by atoms with Crippen molar-refractivity contribution in [3.05, 3.63) is 80.4 Å². The Labute approximate surface area is 178 Å². The van der Waals surface area contributed by atoms with E-state index in [0.717, 1.165) is 18.4 Å². The lowest BCUT2D eigenvalue weighted by Crippen LogP contribution is -2.44. The van der Waals surface area contributed by atoms with Crippen LogP contribution in [-0.4, -0.2) is 34.7 Å². The average Bonchev–Trinajstić information content (AvgIpc) is 3.42. The number of carbonyl (C=O) groups is 1. The van der Waals surface area contributed by atoms with E-state index >= 15 is 0 Å². The average molecular weight is 424 g/mol. The Bertz CT molecular complexity index is 1190. The number of nitrogens with two attached hydrogens (primary N) is 1. The Kier molecular flexibility index (Phi) is 5.77. The van der Waals surface area contributed by atoms with Crippen molar-refractivity contribution in [1.82, 2.24) is 9.55 Å². The minimum Gasteiger partial charge on any atom is -0.456 e. The van der Waals surface area contributed by atoms with Gasteiger partial charge in [0.2, 0.25) is 0 Å². The van der Waals surface area contributed by atoms with Crippen LogP contribution in [0.5, 0.6) is 0 Å². The maximum atomic E-state index is 13.3. The van der Waals surface area contributed by atoms with Gasteiger partial charge >= 0.3 is 5.69 Å². The number of rotatable bonds is 6. The van der Waals surface area contributed by atoms with E-state index in [2.05, 4.69) is 4.98 Å². The Balaban J connectivity index is 1.79. The first-order valence-corrected chi connectivity index (χ1v) is 10.1. The SMILES string of the molecule is Cc1ccc(C(=O)N(C[C@H]2CCCO2)c2c(N)n(Cc3ccccc3)c(=O)[nH]c2=O)o1. The molecule has 1 aliphatic heterocycles. The van der Waals surface area contributed by atoms with Crippen LogP contribution in [0, 0.1) is 6.92 Å². The fourth-order valence-corrected chi connectivity index (χ4v) is 3.71. The highest BCUT2D eigenvalue weighted by Gasteiger charge is 2.30. The van der Waals surface area contributed by atoms with Gasteiger partial charge in [-0.25, -0.2) is 4.79 Å². The lowest BCUT2D eigenvalue weighted by Gasteiger charge is -2.26. The second-order valence-electron chi connectivity index (χ2n) is 7.53. The van der Waals surface area contributed by atoms with Gasteiger partial charge in [-0.3, -0.25) is 24.0 Å². The first-order valence-electron chi connectivity index (χ1n) is 10.1. The van der Waals surface area contributed by atoms with Crippen LogP contribution in [-0.2, 0) is 11.3 Å². The molecule has 31 heavy (non-hydrogen) atoms. The van der Waals surface area contributed by atoms with E-state index < -0.39 is 17.2 Å². The van der Waals surface area contributed by atoms with Crippen LogP contribution in [0.15, 0.2) is 56.5 Å². The first-order chi connectivity index (χ1) is 14.9. The molecule has 9 nitrogen and oxygen atoms in total. The molecule has 1 aliphatic rings. The second-order valence-corrected chi connectivity index (χ2v) is 7.53. The number of furan rings is 1. The van der Waals surface area contributed by atoms with Crippen molar-refractivity contribution in [2.45, 2.75) is 32.4 Å². The molecule has 1 aromatic carbocycles. The smallest absolute Gasteiger partial charge is 0.330 e. The summed E-state index contributed by atoms with van der Waals surface area (Å²) in [4.78, 5) is 42.1. The molecular formula is C22H24N4O5. The predicted octanol–water partition coefficient (Wildman–Crippen LogP) is 1.89. The van der Waals surface area contributed by atoms with Gasteiger partial charge in [0.1, 0.15) is 11.6 Å². The van der Waals surface area contributed by atoms with E-state index in [9.17, 15) is 14.4 Å². The summed E-state index contributed by atoms with van der Waals surface area (Å²) in [7, 11) is 0. The van der Waals surface area contributed by atoms with E-state index in [1.54, 1.807) is 19.1 Å². The van der Waals surface area contributed by atoms with Crippen LogP contribution in [0.25, 0.3) is 0 Å². The van der Waals surface area contributed by atoms with E-state index in [1.165, 1.54) is 9.47 Å². The molecule has 1 atom stereocenters. The van der Waals surface area contributed by atoms with Gasteiger partial charge in [-0.2, -0.15) is 0 Å². The standard InChI is InChI=1S/C22H24N4O5/c1-14-9-10-17(31-14)21(28)25(13-16-8-5-11-30-16)18-19(23)26(22(29)24-20(18)27)12-15-6-3-2-4-7-15/h2-4,6-7,9-10,16H,5,8,11-13,23H2,1H3,(H,24,27,29)/t16-/m1/s1. The molecule has 9 heteroatoms. The molecule has 0 unspecified atom stereocenters. The van der Waals surface area contributed by atoms with Gasteiger partial charge in [0, 0.05) is 6.61 Å². The largest absolute Gasteiger partial charge is 0.456 e. The number of carbonyl (C=O) groups excluding carboxylic acids is 1. The zero-order chi connectivity index (χ0) is 22.0. The molecule has 2 aromatic heterocycles. The topological polar surface area (TPSA) is 124 Å². The summed E-state index contributed by atoms with van der Waals surface area (Å²) in [6.07, 6.45) is 1.38. The van der Waals surface area contributed by atoms with Crippen LogP contribution in [0.3, 0.4) is 0 Å². The van der Waals surface area contributed by atoms with Gasteiger partial charge in [0.25, 0.3) is 11.5 Å². The minimum atomic E-state index is -0.735. The van der Waals surface area contributed by atoms with Gasteiger partial charge in [0.15, 0.2) is 11.4 Å². The van der Waals surface area contributed by atoms with Crippen molar-refractivity contribution in [3.63, 3.8) is 0 Å². The van der Waals surface area contributed by atoms with Crippen LogP contribution < -0.4 is 21.9 Å². The number of ether oxygens (including phenoxy) is 1. The summed E-state index contributed by atoms with van der Waals surface area (Å²) in [6, 6.07) is 12.5. The molecule has 0 bridgehead atoms. The van der Waals surface area contributed by atoms with E-state index in [-0.39, 0.29) is 36.5 Å². The monoisotopic (exact) mass is 424 g/mol. The van der Waals surface area contributed by atoms with Gasteiger partial charge in [-0.1, -0.05) is 30.3 Å². The number of amides is 1. The molecule has 1 fully saturated rings. The summed E-state index contributed by atoms with van der Waals surface area (Å²) in [6.45, 7) is 2.58. The van der Waals surface area contributed by atoms with Crippen molar-refractivity contribution in [3.8, 4) is 0 Å². The maximum absolute atomic E-state index is 13.3. The van der Waals surface area contributed by atoms with Crippen LogP contribution in [0.1, 0.15) is 34.7 Å². The third-order valence-corrected chi connectivity index (χ3v) is 5.27. The highest BCUT2D eigenvalue weighted by Crippen LogP contribution is 2.24.